The van der Waals surface area contributed by atoms with Crippen LogP contribution in [-0.2, 0) is 0 Å². The molecule has 7 heteroatoms. The zero-order chi connectivity index (χ0) is 16.5. The maximum absolute atomic E-state index is 12.6. The highest BCUT2D eigenvalue weighted by atomic mass is 32.1. The summed E-state index contributed by atoms with van der Waals surface area (Å²) in [5.74, 6) is 1.21. The predicted octanol–water partition coefficient (Wildman–Crippen LogP) is 1.77. The molecule has 3 heterocycles. The molecular weight excluding hydrogens is 324 g/mol. The number of nitrogens with zero attached hydrogens (tertiary/aromatic N) is 4. The van der Waals surface area contributed by atoms with Crippen molar-refractivity contribution in [1.82, 2.24) is 19.6 Å². The first-order valence-corrected chi connectivity index (χ1v) is 8.02. The molecule has 0 radical (unpaired) electrons. The summed E-state index contributed by atoms with van der Waals surface area (Å²) in [5, 5.41) is 4.30. The van der Waals surface area contributed by atoms with Gasteiger partial charge in [-0.25, -0.2) is 0 Å². The van der Waals surface area contributed by atoms with Crippen molar-refractivity contribution < 1.29 is 4.74 Å². The van der Waals surface area contributed by atoms with Crippen molar-refractivity contribution in [3.63, 3.8) is 0 Å². The fourth-order valence-electron chi connectivity index (χ4n) is 2.38. The Morgan fingerprint density at radius 2 is 2.08 bits per heavy atom. The van der Waals surface area contributed by atoms with Crippen molar-refractivity contribution in [1.29, 1.82) is 0 Å². The highest BCUT2D eigenvalue weighted by Crippen LogP contribution is 2.18. The number of methoxy groups -OCH3 is 1. The van der Waals surface area contributed by atoms with E-state index in [0.717, 1.165) is 11.1 Å². The average molecular weight is 336 g/mol. The SMILES string of the molecule is COc1ccccc1/C=c1\sc2nc(-c3cccnc3)nn2c1=O. The van der Waals surface area contributed by atoms with Gasteiger partial charge in [0, 0.05) is 23.5 Å². The van der Waals surface area contributed by atoms with Crippen LogP contribution >= 0.6 is 11.3 Å². The lowest BCUT2D eigenvalue weighted by atomic mass is 10.2. The van der Waals surface area contributed by atoms with Gasteiger partial charge in [0.25, 0.3) is 5.56 Å². The molecule has 0 saturated carbocycles. The summed E-state index contributed by atoms with van der Waals surface area (Å²) in [5.41, 5.74) is 1.43. The van der Waals surface area contributed by atoms with Crippen molar-refractivity contribution in [2.75, 3.05) is 7.11 Å². The van der Waals surface area contributed by atoms with Gasteiger partial charge >= 0.3 is 0 Å². The van der Waals surface area contributed by atoms with Crippen LogP contribution in [0.1, 0.15) is 5.56 Å². The Balaban J connectivity index is 1.85. The third-order valence-electron chi connectivity index (χ3n) is 3.53. The van der Waals surface area contributed by atoms with E-state index >= 15 is 0 Å². The number of rotatable bonds is 3. The number of aromatic nitrogens is 4. The van der Waals surface area contributed by atoms with E-state index in [-0.39, 0.29) is 5.56 Å². The minimum atomic E-state index is -0.191. The van der Waals surface area contributed by atoms with Gasteiger partial charge in [0.15, 0.2) is 5.82 Å². The molecule has 0 spiro atoms. The molecule has 0 N–H and O–H groups in total. The first kappa shape index (κ1) is 14.5. The Bertz CT molecular complexity index is 1120. The quantitative estimate of drug-likeness (QED) is 0.570. The van der Waals surface area contributed by atoms with Gasteiger partial charge in [-0.2, -0.15) is 9.50 Å². The summed E-state index contributed by atoms with van der Waals surface area (Å²) >= 11 is 1.30. The third kappa shape index (κ3) is 2.44. The maximum Gasteiger partial charge on any atom is 0.291 e. The third-order valence-corrected chi connectivity index (χ3v) is 4.49. The molecule has 0 aliphatic carbocycles. The summed E-state index contributed by atoms with van der Waals surface area (Å²) in [6.07, 6.45) is 5.15. The molecule has 0 atom stereocenters. The van der Waals surface area contributed by atoms with E-state index in [2.05, 4.69) is 15.1 Å². The Kier molecular flexibility index (Phi) is 3.55. The molecule has 0 aliphatic rings. The normalized spacial score (nSPS) is 12.0. The molecule has 0 amide bonds. The summed E-state index contributed by atoms with van der Waals surface area (Å²) in [6.45, 7) is 0. The molecule has 0 bridgehead atoms. The van der Waals surface area contributed by atoms with Crippen LogP contribution < -0.4 is 14.8 Å². The van der Waals surface area contributed by atoms with Crippen LogP contribution in [0.25, 0.3) is 22.4 Å². The van der Waals surface area contributed by atoms with Gasteiger partial charge in [-0.05, 0) is 24.3 Å². The lowest BCUT2D eigenvalue weighted by Crippen LogP contribution is -2.23. The number of fused-ring (bicyclic) bond motifs is 1. The molecule has 4 rings (SSSR count). The molecule has 24 heavy (non-hydrogen) atoms. The summed E-state index contributed by atoms with van der Waals surface area (Å²) in [7, 11) is 1.60. The zero-order valence-corrected chi connectivity index (χ0v) is 13.5. The highest BCUT2D eigenvalue weighted by Gasteiger charge is 2.12. The molecule has 0 saturated heterocycles. The van der Waals surface area contributed by atoms with Gasteiger partial charge in [-0.1, -0.05) is 29.5 Å². The van der Waals surface area contributed by atoms with Gasteiger partial charge in [-0.3, -0.25) is 9.78 Å². The second-order valence-corrected chi connectivity index (χ2v) is 6.04. The lowest BCUT2D eigenvalue weighted by Gasteiger charge is -2.02. The molecule has 0 aliphatic heterocycles. The van der Waals surface area contributed by atoms with E-state index in [0.29, 0.717) is 21.1 Å². The fourth-order valence-corrected chi connectivity index (χ4v) is 3.28. The van der Waals surface area contributed by atoms with Crippen molar-refractivity contribution in [3.8, 4) is 17.1 Å². The van der Waals surface area contributed by atoms with Crippen molar-refractivity contribution in [2.24, 2.45) is 0 Å². The number of benzene rings is 1. The standard InChI is InChI=1S/C17H12N4O2S/c1-23-13-7-3-2-5-11(13)9-14-16(22)21-17(24-14)19-15(20-21)12-6-4-8-18-10-12/h2-10H,1H3/b14-9-. The van der Waals surface area contributed by atoms with E-state index in [1.807, 2.05) is 36.4 Å². The number of ether oxygens (including phenoxy) is 1. The molecular formula is C17H12N4O2S. The predicted molar refractivity (Wildman–Crippen MR) is 92.1 cm³/mol. The van der Waals surface area contributed by atoms with Crippen molar-refractivity contribution in [2.45, 2.75) is 0 Å². The topological polar surface area (TPSA) is 69.4 Å². The molecule has 118 valence electrons. The molecule has 0 unspecified atom stereocenters. The van der Waals surface area contributed by atoms with Gasteiger partial charge in [-0.15, -0.1) is 5.10 Å². The first-order chi connectivity index (χ1) is 11.8. The molecule has 4 aromatic rings. The Hall–Kier alpha value is -3.06. The molecule has 1 aromatic carbocycles. The van der Waals surface area contributed by atoms with Crippen LogP contribution in [0.2, 0.25) is 0 Å². The average Bonchev–Trinajstić information content (AvgIpc) is 3.16. The summed E-state index contributed by atoms with van der Waals surface area (Å²) < 4.78 is 7.21. The van der Waals surface area contributed by atoms with Crippen LogP contribution in [0, 0.1) is 0 Å². The van der Waals surface area contributed by atoms with Crippen LogP contribution in [0.3, 0.4) is 0 Å². The smallest absolute Gasteiger partial charge is 0.291 e. The van der Waals surface area contributed by atoms with E-state index in [9.17, 15) is 4.79 Å². The second-order valence-electron chi connectivity index (χ2n) is 5.03. The second kappa shape index (κ2) is 5.86. The van der Waals surface area contributed by atoms with E-state index in [4.69, 9.17) is 4.74 Å². The number of thiazole rings is 1. The first-order valence-electron chi connectivity index (χ1n) is 7.21. The van der Waals surface area contributed by atoms with Gasteiger partial charge in [0.2, 0.25) is 4.96 Å². The van der Waals surface area contributed by atoms with Crippen LogP contribution in [0.4, 0.5) is 0 Å². The van der Waals surface area contributed by atoms with E-state index in [1.54, 1.807) is 25.6 Å². The summed E-state index contributed by atoms with van der Waals surface area (Å²) in [6, 6.07) is 11.2. The minimum Gasteiger partial charge on any atom is -0.496 e. The van der Waals surface area contributed by atoms with Crippen LogP contribution in [0.5, 0.6) is 5.75 Å². The Labute approximate surface area is 140 Å². The minimum absolute atomic E-state index is 0.191. The van der Waals surface area contributed by atoms with E-state index in [1.165, 1.54) is 15.9 Å². The van der Waals surface area contributed by atoms with Gasteiger partial charge in [0.1, 0.15) is 5.75 Å². The fraction of sp³-hybridized carbons (Fsp3) is 0.0588. The van der Waals surface area contributed by atoms with Gasteiger partial charge < -0.3 is 4.74 Å². The molecule has 0 fully saturated rings. The lowest BCUT2D eigenvalue weighted by molar-refractivity contribution is 0.414. The van der Waals surface area contributed by atoms with Crippen LogP contribution in [0.15, 0.2) is 53.6 Å². The number of hydrogen-bond donors (Lipinski definition) is 0. The van der Waals surface area contributed by atoms with E-state index < -0.39 is 0 Å². The van der Waals surface area contributed by atoms with Gasteiger partial charge in [0.05, 0.1) is 11.6 Å². The molecule has 3 aromatic heterocycles. The number of pyridine rings is 1. The Morgan fingerprint density at radius 1 is 1.21 bits per heavy atom. The number of hydrogen-bond acceptors (Lipinski definition) is 6. The monoisotopic (exact) mass is 336 g/mol. The van der Waals surface area contributed by atoms with Crippen molar-refractivity contribution in [3.05, 3.63) is 69.2 Å². The largest absolute Gasteiger partial charge is 0.496 e. The number of para-hydroxylation sites is 1. The maximum atomic E-state index is 12.6. The Morgan fingerprint density at radius 3 is 2.83 bits per heavy atom. The van der Waals surface area contributed by atoms with Crippen molar-refractivity contribution >= 4 is 22.4 Å². The molecule has 6 nitrogen and oxygen atoms in total. The van der Waals surface area contributed by atoms with Crippen LogP contribution in [-0.4, -0.2) is 26.7 Å². The zero-order valence-electron chi connectivity index (χ0n) is 12.7. The summed E-state index contributed by atoms with van der Waals surface area (Å²) in [4.78, 5) is 21.6. The highest BCUT2D eigenvalue weighted by molar-refractivity contribution is 7.15.